The molecule has 1 aromatic carbocycles. The van der Waals surface area contributed by atoms with E-state index in [2.05, 4.69) is 45.7 Å². The SMILES string of the molecule is CCOC(n1nc(-c2cccc(Br)c2)nc1C(N)=O)[Si](C)(C)C. The van der Waals surface area contributed by atoms with Gasteiger partial charge in [0.1, 0.15) is 13.9 Å². The third-order valence-corrected chi connectivity index (χ3v) is 5.61. The van der Waals surface area contributed by atoms with Gasteiger partial charge in [-0.3, -0.25) is 4.79 Å². The Morgan fingerprint density at radius 2 is 2.13 bits per heavy atom. The maximum atomic E-state index is 11.8. The van der Waals surface area contributed by atoms with Crippen LogP contribution in [0.15, 0.2) is 28.7 Å². The van der Waals surface area contributed by atoms with Crippen LogP contribution < -0.4 is 5.73 Å². The zero-order valence-electron chi connectivity index (χ0n) is 13.7. The Kier molecular flexibility index (Phi) is 5.38. The van der Waals surface area contributed by atoms with Crippen LogP contribution in [0.3, 0.4) is 0 Å². The zero-order chi connectivity index (χ0) is 17.2. The Hall–Kier alpha value is -1.51. The van der Waals surface area contributed by atoms with E-state index in [4.69, 9.17) is 10.5 Å². The van der Waals surface area contributed by atoms with Crippen molar-refractivity contribution < 1.29 is 9.53 Å². The number of nitrogens with two attached hydrogens (primary N) is 1. The lowest BCUT2D eigenvalue weighted by Crippen LogP contribution is -2.40. The molecule has 1 unspecified atom stereocenters. The Labute approximate surface area is 145 Å². The number of carbonyl (C=O) groups excluding carboxylic acids is 1. The van der Waals surface area contributed by atoms with E-state index in [9.17, 15) is 4.79 Å². The zero-order valence-corrected chi connectivity index (χ0v) is 16.3. The van der Waals surface area contributed by atoms with Crippen LogP contribution in [0, 0.1) is 0 Å². The van der Waals surface area contributed by atoms with Crippen molar-refractivity contribution in [2.24, 2.45) is 5.73 Å². The van der Waals surface area contributed by atoms with Crippen LogP contribution in [-0.4, -0.2) is 35.4 Å². The van der Waals surface area contributed by atoms with Gasteiger partial charge in [0.15, 0.2) is 5.82 Å². The molecule has 0 fully saturated rings. The lowest BCUT2D eigenvalue weighted by molar-refractivity contribution is 0.0515. The van der Waals surface area contributed by atoms with Gasteiger partial charge in [-0.25, -0.2) is 9.67 Å². The van der Waals surface area contributed by atoms with E-state index in [1.807, 2.05) is 31.2 Å². The van der Waals surface area contributed by atoms with E-state index in [1.165, 1.54) is 0 Å². The van der Waals surface area contributed by atoms with Crippen molar-refractivity contribution >= 4 is 29.9 Å². The lowest BCUT2D eigenvalue weighted by Gasteiger charge is -2.29. The first-order valence-corrected chi connectivity index (χ1v) is 11.7. The van der Waals surface area contributed by atoms with E-state index in [0.29, 0.717) is 12.4 Å². The number of amides is 1. The van der Waals surface area contributed by atoms with Crippen molar-refractivity contribution in [1.29, 1.82) is 0 Å². The van der Waals surface area contributed by atoms with Crippen LogP contribution in [-0.2, 0) is 4.74 Å². The second kappa shape index (κ2) is 6.94. The Morgan fingerprint density at radius 1 is 1.43 bits per heavy atom. The van der Waals surface area contributed by atoms with Gasteiger partial charge < -0.3 is 10.5 Å². The van der Waals surface area contributed by atoms with Gasteiger partial charge in [-0.15, -0.1) is 5.10 Å². The van der Waals surface area contributed by atoms with E-state index >= 15 is 0 Å². The minimum absolute atomic E-state index is 0.126. The van der Waals surface area contributed by atoms with Gasteiger partial charge >= 0.3 is 0 Å². The molecule has 2 aromatic rings. The predicted molar refractivity (Wildman–Crippen MR) is 95.7 cm³/mol. The van der Waals surface area contributed by atoms with Crippen LogP contribution >= 0.6 is 15.9 Å². The fraction of sp³-hybridized carbons (Fsp3) is 0.400. The van der Waals surface area contributed by atoms with Gasteiger partial charge in [0.05, 0.1) is 0 Å². The first-order valence-electron chi connectivity index (χ1n) is 7.38. The number of halogens is 1. The second-order valence-corrected chi connectivity index (χ2v) is 12.4. The molecular formula is C15H21BrN4O2Si. The quantitative estimate of drug-likeness (QED) is 0.759. The Morgan fingerprint density at radius 3 is 2.65 bits per heavy atom. The highest BCUT2D eigenvalue weighted by molar-refractivity contribution is 9.10. The smallest absolute Gasteiger partial charge is 0.286 e. The molecular weight excluding hydrogens is 376 g/mol. The van der Waals surface area contributed by atoms with Crippen LogP contribution in [0.1, 0.15) is 23.4 Å². The largest absolute Gasteiger partial charge is 0.363 e. The molecule has 2 N–H and O–H groups in total. The molecule has 124 valence electrons. The van der Waals surface area contributed by atoms with Crippen molar-refractivity contribution in [3.05, 3.63) is 34.6 Å². The van der Waals surface area contributed by atoms with Crippen LogP contribution in [0.2, 0.25) is 19.6 Å². The number of carbonyl (C=O) groups is 1. The number of hydrogen-bond donors (Lipinski definition) is 1. The summed E-state index contributed by atoms with van der Waals surface area (Å²) in [6.45, 7) is 8.90. The Balaban J connectivity index is 2.57. The highest BCUT2D eigenvalue weighted by Gasteiger charge is 2.33. The molecule has 0 aliphatic heterocycles. The van der Waals surface area contributed by atoms with E-state index < -0.39 is 14.0 Å². The molecule has 8 heteroatoms. The summed E-state index contributed by atoms with van der Waals surface area (Å²) in [6, 6.07) is 7.59. The summed E-state index contributed by atoms with van der Waals surface area (Å²) in [5, 5.41) is 4.52. The van der Waals surface area contributed by atoms with Gasteiger partial charge in [0.25, 0.3) is 5.91 Å². The number of benzene rings is 1. The van der Waals surface area contributed by atoms with E-state index in [0.717, 1.165) is 10.0 Å². The molecule has 0 aliphatic rings. The van der Waals surface area contributed by atoms with Crippen LogP contribution in [0.4, 0.5) is 0 Å². The summed E-state index contributed by atoms with van der Waals surface area (Å²) in [4.78, 5) is 16.2. The van der Waals surface area contributed by atoms with E-state index in [1.54, 1.807) is 4.68 Å². The standard InChI is InChI=1S/C15H21BrN4O2Si/c1-5-22-15(23(2,3)4)20-14(12(17)21)18-13(19-20)10-7-6-8-11(16)9-10/h6-9,15H,5H2,1-4H3,(H2,17,21). The molecule has 1 amide bonds. The minimum atomic E-state index is -1.80. The molecule has 1 atom stereocenters. The van der Waals surface area contributed by atoms with Gasteiger partial charge in [-0.05, 0) is 19.1 Å². The Bertz CT molecular complexity index is 712. The first-order chi connectivity index (χ1) is 10.7. The molecule has 0 radical (unpaired) electrons. The second-order valence-electron chi connectivity index (χ2n) is 6.25. The topological polar surface area (TPSA) is 83.0 Å². The van der Waals surface area contributed by atoms with Crippen molar-refractivity contribution in [1.82, 2.24) is 14.8 Å². The molecule has 0 saturated carbocycles. The average molecular weight is 397 g/mol. The number of hydrogen-bond acceptors (Lipinski definition) is 4. The van der Waals surface area contributed by atoms with E-state index in [-0.39, 0.29) is 11.7 Å². The summed E-state index contributed by atoms with van der Waals surface area (Å²) in [5.41, 5.74) is 6.31. The molecule has 0 aliphatic carbocycles. The van der Waals surface area contributed by atoms with Crippen LogP contribution in [0.5, 0.6) is 0 Å². The first kappa shape index (κ1) is 17.8. The number of ether oxygens (including phenoxy) is 1. The molecule has 6 nitrogen and oxygen atoms in total. The number of nitrogens with zero attached hydrogens (tertiary/aromatic N) is 3. The number of rotatable bonds is 6. The summed E-state index contributed by atoms with van der Waals surface area (Å²) in [7, 11) is -1.80. The van der Waals surface area contributed by atoms with Gasteiger partial charge in [-0.1, -0.05) is 47.7 Å². The third kappa shape index (κ3) is 4.07. The summed E-state index contributed by atoms with van der Waals surface area (Å²) < 4.78 is 8.33. The maximum Gasteiger partial charge on any atom is 0.286 e. The van der Waals surface area contributed by atoms with Crippen LogP contribution in [0.25, 0.3) is 11.4 Å². The molecule has 1 aromatic heterocycles. The predicted octanol–water partition coefficient (Wildman–Crippen LogP) is 3.22. The lowest BCUT2D eigenvalue weighted by atomic mass is 10.2. The monoisotopic (exact) mass is 396 g/mol. The summed E-state index contributed by atoms with van der Waals surface area (Å²) in [6.07, 6.45) is 0. The number of aromatic nitrogens is 3. The van der Waals surface area contributed by atoms with Gasteiger partial charge in [0.2, 0.25) is 5.82 Å². The highest BCUT2D eigenvalue weighted by Crippen LogP contribution is 2.26. The molecule has 2 rings (SSSR count). The van der Waals surface area contributed by atoms with Crippen molar-refractivity contribution in [2.45, 2.75) is 32.4 Å². The van der Waals surface area contributed by atoms with Gasteiger partial charge in [0, 0.05) is 16.6 Å². The number of primary amides is 1. The molecule has 0 saturated heterocycles. The normalized spacial score (nSPS) is 13.1. The fourth-order valence-electron chi connectivity index (χ4n) is 2.25. The highest BCUT2D eigenvalue weighted by atomic mass is 79.9. The summed E-state index contributed by atoms with van der Waals surface area (Å²) >= 11 is 3.43. The average Bonchev–Trinajstić information content (AvgIpc) is 2.88. The summed E-state index contributed by atoms with van der Waals surface area (Å²) in [5.74, 6) is -0.325. The van der Waals surface area contributed by atoms with Gasteiger partial charge in [-0.2, -0.15) is 0 Å². The van der Waals surface area contributed by atoms with Crippen molar-refractivity contribution in [3.63, 3.8) is 0 Å². The maximum absolute atomic E-state index is 11.8. The molecule has 23 heavy (non-hydrogen) atoms. The molecule has 1 heterocycles. The molecule has 0 bridgehead atoms. The van der Waals surface area contributed by atoms with Crippen molar-refractivity contribution in [2.75, 3.05) is 6.61 Å². The third-order valence-electron chi connectivity index (χ3n) is 3.22. The molecule has 0 spiro atoms. The van der Waals surface area contributed by atoms with Crippen molar-refractivity contribution in [3.8, 4) is 11.4 Å². The fourth-order valence-corrected chi connectivity index (χ4v) is 4.23. The minimum Gasteiger partial charge on any atom is -0.363 e.